The Bertz CT molecular complexity index is 313. The maximum absolute atomic E-state index is 11.6. The molecule has 0 radical (unpaired) electrons. The van der Waals surface area contributed by atoms with Gasteiger partial charge >= 0.3 is 0 Å². The predicted molar refractivity (Wildman–Crippen MR) is 62.5 cm³/mol. The second-order valence-corrected chi connectivity index (χ2v) is 4.96. The highest BCUT2D eigenvalue weighted by Crippen LogP contribution is 2.38. The van der Waals surface area contributed by atoms with Gasteiger partial charge < -0.3 is 14.6 Å². The second-order valence-electron chi connectivity index (χ2n) is 4.96. The van der Waals surface area contributed by atoms with Gasteiger partial charge in [-0.1, -0.05) is 5.57 Å². The van der Waals surface area contributed by atoms with Crippen molar-refractivity contribution in [3.05, 3.63) is 11.6 Å². The summed E-state index contributed by atoms with van der Waals surface area (Å²) in [4.78, 5) is 11.6. The number of carbonyl (C=O) groups excluding carboxylic acids is 1. The van der Waals surface area contributed by atoms with E-state index in [1.54, 1.807) is 13.0 Å². The molecular weight excluding hydrogens is 220 g/mol. The first-order valence-corrected chi connectivity index (χ1v) is 6.28. The first-order chi connectivity index (χ1) is 8.10. The molecule has 4 nitrogen and oxygen atoms in total. The molecular formula is C13H20O4. The zero-order valence-corrected chi connectivity index (χ0v) is 10.3. The van der Waals surface area contributed by atoms with E-state index in [1.165, 1.54) is 0 Å². The summed E-state index contributed by atoms with van der Waals surface area (Å²) in [7, 11) is 0. The number of ether oxygens (including phenoxy) is 2. The lowest BCUT2D eigenvalue weighted by Gasteiger charge is -2.32. The molecule has 0 aromatic heterocycles. The van der Waals surface area contributed by atoms with Gasteiger partial charge in [0.05, 0.1) is 19.3 Å². The lowest BCUT2D eigenvalue weighted by atomic mass is 9.88. The molecule has 1 saturated heterocycles. The summed E-state index contributed by atoms with van der Waals surface area (Å²) in [5, 5.41) is 9.16. The number of rotatable bonds is 3. The molecule has 0 bridgehead atoms. The molecule has 1 aliphatic heterocycles. The van der Waals surface area contributed by atoms with E-state index in [2.05, 4.69) is 0 Å². The highest BCUT2D eigenvalue weighted by Gasteiger charge is 2.39. The fourth-order valence-corrected chi connectivity index (χ4v) is 2.55. The summed E-state index contributed by atoms with van der Waals surface area (Å²) in [6.45, 7) is 2.92. The molecule has 17 heavy (non-hydrogen) atoms. The minimum Gasteiger partial charge on any atom is -0.393 e. The zero-order chi connectivity index (χ0) is 12.3. The van der Waals surface area contributed by atoms with Crippen molar-refractivity contribution in [2.24, 2.45) is 0 Å². The normalized spacial score (nSPS) is 27.5. The fourth-order valence-electron chi connectivity index (χ4n) is 2.55. The zero-order valence-electron chi connectivity index (χ0n) is 10.3. The number of hydrogen-bond acceptors (Lipinski definition) is 4. The van der Waals surface area contributed by atoms with E-state index in [4.69, 9.17) is 14.6 Å². The van der Waals surface area contributed by atoms with Crippen molar-refractivity contribution in [2.45, 2.75) is 50.9 Å². The fraction of sp³-hybridized carbons (Fsp3) is 0.769. The molecule has 2 rings (SSSR count). The van der Waals surface area contributed by atoms with Crippen molar-refractivity contribution in [2.75, 3.05) is 13.2 Å². The van der Waals surface area contributed by atoms with Crippen LogP contribution in [0.15, 0.2) is 11.6 Å². The second kappa shape index (κ2) is 5.29. The van der Waals surface area contributed by atoms with Crippen LogP contribution in [0.25, 0.3) is 0 Å². The van der Waals surface area contributed by atoms with Crippen LogP contribution >= 0.6 is 0 Å². The Labute approximate surface area is 102 Å². The van der Waals surface area contributed by atoms with Gasteiger partial charge in [-0.2, -0.15) is 0 Å². The van der Waals surface area contributed by atoms with Crippen molar-refractivity contribution in [1.82, 2.24) is 0 Å². The summed E-state index contributed by atoms with van der Waals surface area (Å²) in [6, 6.07) is 0. The Balaban J connectivity index is 1.97. The summed E-state index contributed by atoms with van der Waals surface area (Å²) in [6.07, 6.45) is 4.81. The average molecular weight is 240 g/mol. The molecule has 0 aromatic rings. The smallest absolute Gasteiger partial charge is 0.172 e. The Hall–Kier alpha value is -0.710. The van der Waals surface area contributed by atoms with Crippen molar-refractivity contribution in [3.63, 3.8) is 0 Å². The molecule has 2 fully saturated rings. The van der Waals surface area contributed by atoms with Gasteiger partial charge in [0, 0.05) is 19.3 Å². The molecule has 4 heteroatoms. The third-order valence-corrected chi connectivity index (χ3v) is 3.23. The maximum atomic E-state index is 11.6. The first kappa shape index (κ1) is 12.7. The van der Waals surface area contributed by atoms with Crippen LogP contribution in [0.3, 0.4) is 0 Å². The van der Waals surface area contributed by atoms with E-state index in [0.717, 1.165) is 24.8 Å². The van der Waals surface area contributed by atoms with E-state index in [0.29, 0.717) is 19.6 Å². The van der Waals surface area contributed by atoms with Gasteiger partial charge in [0.1, 0.15) is 0 Å². The number of aliphatic hydroxyl groups excluding tert-OH is 1. The maximum Gasteiger partial charge on any atom is 0.172 e. The van der Waals surface area contributed by atoms with Crippen LogP contribution in [0.2, 0.25) is 0 Å². The molecule has 1 aliphatic carbocycles. The van der Waals surface area contributed by atoms with Gasteiger partial charge in [-0.05, 0) is 25.8 Å². The average Bonchev–Trinajstić information content (AvgIpc) is 2.64. The molecule has 1 spiro atoms. The van der Waals surface area contributed by atoms with Crippen molar-refractivity contribution >= 4 is 5.78 Å². The topological polar surface area (TPSA) is 55.8 Å². The molecule has 1 saturated carbocycles. The van der Waals surface area contributed by atoms with Crippen LogP contribution in [0.4, 0.5) is 0 Å². The molecule has 1 N–H and O–H groups in total. The Morgan fingerprint density at radius 2 is 2.24 bits per heavy atom. The molecule has 2 aliphatic rings. The van der Waals surface area contributed by atoms with Gasteiger partial charge in [0.25, 0.3) is 0 Å². The van der Waals surface area contributed by atoms with Gasteiger partial charge in [0.2, 0.25) is 0 Å². The number of hydrogen-bond donors (Lipinski definition) is 1. The van der Waals surface area contributed by atoms with Crippen LogP contribution in [0, 0.1) is 0 Å². The third-order valence-electron chi connectivity index (χ3n) is 3.23. The molecule has 1 atom stereocenters. The van der Waals surface area contributed by atoms with Gasteiger partial charge in [-0.15, -0.1) is 0 Å². The lowest BCUT2D eigenvalue weighted by Crippen LogP contribution is -2.33. The van der Waals surface area contributed by atoms with Crippen LogP contribution in [-0.4, -0.2) is 36.0 Å². The summed E-state index contributed by atoms with van der Waals surface area (Å²) in [5.41, 5.74) is 1.09. The predicted octanol–water partition coefficient (Wildman–Crippen LogP) is 1.57. The van der Waals surface area contributed by atoms with Crippen LogP contribution in [0.1, 0.15) is 39.0 Å². The monoisotopic (exact) mass is 240 g/mol. The number of allylic oxidation sites excluding steroid dienone is 1. The minimum absolute atomic E-state index is 0.00922. The third kappa shape index (κ3) is 3.37. The largest absolute Gasteiger partial charge is 0.393 e. The Kier molecular flexibility index (Phi) is 3.97. The number of aliphatic hydroxyl groups is 1. The summed E-state index contributed by atoms with van der Waals surface area (Å²) in [5.74, 6) is -0.472. The van der Waals surface area contributed by atoms with E-state index < -0.39 is 11.9 Å². The lowest BCUT2D eigenvalue weighted by molar-refractivity contribution is -0.167. The van der Waals surface area contributed by atoms with Crippen molar-refractivity contribution < 1.29 is 19.4 Å². The van der Waals surface area contributed by atoms with Crippen LogP contribution in [0.5, 0.6) is 0 Å². The minimum atomic E-state index is -0.573. The number of ketones is 1. The molecule has 1 heterocycles. The van der Waals surface area contributed by atoms with E-state index in [9.17, 15) is 4.79 Å². The van der Waals surface area contributed by atoms with Gasteiger partial charge in [-0.25, -0.2) is 0 Å². The van der Waals surface area contributed by atoms with Crippen LogP contribution < -0.4 is 0 Å². The molecule has 0 aromatic carbocycles. The van der Waals surface area contributed by atoms with E-state index in [1.807, 2.05) is 0 Å². The Morgan fingerprint density at radius 1 is 1.53 bits per heavy atom. The first-order valence-electron chi connectivity index (χ1n) is 6.28. The SMILES string of the molecule is CC(O)CC(=O)/C=C1/CCCC2(C1)OCCO2. The molecule has 0 amide bonds. The van der Waals surface area contributed by atoms with Gasteiger partial charge in [0.15, 0.2) is 11.6 Å². The quantitative estimate of drug-likeness (QED) is 0.761. The number of carbonyl (C=O) groups is 1. The molecule has 1 unspecified atom stereocenters. The summed E-state index contributed by atoms with van der Waals surface area (Å²) >= 11 is 0. The summed E-state index contributed by atoms with van der Waals surface area (Å²) < 4.78 is 11.3. The highest BCUT2D eigenvalue weighted by molar-refractivity contribution is 5.90. The van der Waals surface area contributed by atoms with Crippen molar-refractivity contribution in [3.8, 4) is 0 Å². The standard InChI is InChI=1S/C13H20O4/c1-10(14)7-12(15)8-11-3-2-4-13(9-11)16-5-6-17-13/h8,10,14H,2-7,9H2,1H3/b11-8-. The van der Waals surface area contributed by atoms with E-state index >= 15 is 0 Å². The molecule has 96 valence electrons. The van der Waals surface area contributed by atoms with Gasteiger partial charge in [-0.3, -0.25) is 4.79 Å². The van der Waals surface area contributed by atoms with E-state index in [-0.39, 0.29) is 12.2 Å². The van der Waals surface area contributed by atoms with Crippen molar-refractivity contribution in [1.29, 1.82) is 0 Å². The Morgan fingerprint density at radius 3 is 2.88 bits per heavy atom. The highest BCUT2D eigenvalue weighted by atomic mass is 16.7. The van der Waals surface area contributed by atoms with Crippen LogP contribution in [-0.2, 0) is 14.3 Å².